The molecule has 1 aromatic carbocycles. The SMILES string of the molecule is CC(C(=O)Nc1cc(Br)ccc1I)=C1CNC1. The second-order valence-electron chi connectivity index (χ2n) is 3.91. The average molecular weight is 407 g/mol. The molecule has 5 heteroatoms. The fourth-order valence-electron chi connectivity index (χ4n) is 1.49. The third kappa shape index (κ3) is 3.08. The molecule has 0 aliphatic carbocycles. The minimum atomic E-state index is -0.0162. The molecule has 2 rings (SSSR count). The zero-order chi connectivity index (χ0) is 12.4. The lowest BCUT2D eigenvalue weighted by atomic mass is 10.0. The van der Waals surface area contributed by atoms with Gasteiger partial charge in [0.2, 0.25) is 0 Å². The summed E-state index contributed by atoms with van der Waals surface area (Å²) in [6.45, 7) is 3.53. The Morgan fingerprint density at radius 3 is 2.76 bits per heavy atom. The molecule has 1 aliphatic rings. The van der Waals surface area contributed by atoms with Crippen molar-refractivity contribution in [3.63, 3.8) is 0 Å². The summed E-state index contributed by atoms with van der Waals surface area (Å²) in [7, 11) is 0. The van der Waals surface area contributed by atoms with Crippen LogP contribution in [0.2, 0.25) is 0 Å². The predicted molar refractivity (Wildman–Crippen MR) is 81.1 cm³/mol. The lowest BCUT2D eigenvalue weighted by Crippen LogP contribution is -2.36. The van der Waals surface area contributed by atoms with E-state index in [4.69, 9.17) is 0 Å². The number of rotatable bonds is 2. The molecule has 1 aromatic rings. The third-order valence-electron chi connectivity index (χ3n) is 2.72. The van der Waals surface area contributed by atoms with E-state index in [-0.39, 0.29) is 5.91 Å². The van der Waals surface area contributed by atoms with Crippen LogP contribution in [-0.2, 0) is 4.79 Å². The summed E-state index contributed by atoms with van der Waals surface area (Å²) in [5, 5.41) is 6.07. The van der Waals surface area contributed by atoms with Crippen molar-refractivity contribution in [2.45, 2.75) is 6.92 Å². The van der Waals surface area contributed by atoms with Gasteiger partial charge in [-0.1, -0.05) is 15.9 Å². The number of carbonyl (C=O) groups excluding carboxylic acids is 1. The monoisotopic (exact) mass is 406 g/mol. The first-order chi connectivity index (χ1) is 8.08. The highest BCUT2D eigenvalue weighted by Crippen LogP contribution is 2.23. The van der Waals surface area contributed by atoms with Gasteiger partial charge in [0.25, 0.3) is 5.91 Å². The molecule has 1 fully saturated rings. The Kier molecular flexibility index (Phi) is 4.22. The van der Waals surface area contributed by atoms with E-state index < -0.39 is 0 Å². The molecule has 1 heterocycles. The summed E-state index contributed by atoms with van der Waals surface area (Å²) < 4.78 is 1.99. The van der Waals surface area contributed by atoms with Gasteiger partial charge in [-0.15, -0.1) is 0 Å². The predicted octanol–water partition coefficient (Wildman–Crippen LogP) is 2.91. The largest absolute Gasteiger partial charge is 0.321 e. The molecule has 90 valence electrons. The number of hydrogen-bond acceptors (Lipinski definition) is 2. The first-order valence-electron chi connectivity index (χ1n) is 5.23. The van der Waals surface area contributed by atoms with Crippen LogP contribution in [0.5, 0.6) is 0 Å². The van der Waals surface area contributed by atoms with E-state index in [1.165, 1.54) is 5.57 Å². The van der Waals surface area contributed by atoms with Crippen molar-refractivity contribution in [1.29, 1.82) is 0 Å². The van der Waals surface area contributed by atoms with Crippen molar-refractivity contribution in [1.82, 2.24) is 5.32 Å². The highest BCUT2D eigenvalue weighted by Gasteiger charge is 2.16. The summed E-state index contributed by atoms with van der Waals surface area (Å²) in [5.74, 6) is -0.0162. The van der Waals surface area contributed by atoms with Gasteiger partial charge in [0.15, 0.2) is 0 Å². The van der Waals surface area contributed by atoms with Crippen LogP contribution in [0.1, 0.15) is 6.92 Å². The maximum atomic E-state index is 12.0. The highest BCUT2D eigenvalue weighted by atomic mass is 127. The van der Waals surface area contributed by atoms with Gasteiger partial charge in [0.1, 0.15) is 0 Å². The molecular formula is C12H12BrIN2O. The van der Waals surface area contributed by atoms with Gasteiger partial charge in [-0.05, 0) is 53.3 Å². The van der Waals surface area contributed by atoms with Crippen LogP contribution in [0.25, 0.3) is 0 Å². The normalized spacial score (nSPS) is 14.2. The van der Waals surface area contributed by atoms with E-state index in [0.717, 1.165) is 32.4 Å². The molecule has 17 heavy (non-hydrogen) atoms. The summed E-state index contributed by atoms with van der Waals surface area (Å²) in [5.41, 5.74) is 2.85. The van der Waals surface area contributed by atoms with Crippen molar-refractivity contribution in [2.75, 3.05) is 18.4 Å². The summed E-state index contributed by atoms with van der Waals surface area (Å²) in [6.07, 6.45) is 0. The van der Waals surface area contributed by atoms with Crippen LogP contribution in [0.4, 0.5) is 5.69 Å². The molecule has 1 amide bonds. The number of halogens is 2. The molecule has 0 aromatic heterocycles. The lowest BCUT2D eigenvalue weighted by Gasteiger charge is -2.21. The van der Waals surface area contributed by atoms with Crippen molar-refractivity contribution < 1.29 is 4.79 Å². The van der Waals surface area contributed by atoms with E-state index in [1.54, 1.807) is 0 Å². The van der Waals surface area contributed by atoms with Crippen molar-refractivity contribution in [3.05, 3.63) is 37.4 Å². The van der Waals surface area contributed by atoms with Gasteiger partial charge >= 0.3 is 0 Å². The first kappa shape index (κ1) is 13.0. The minimum absolute atomic E-state index is 0.0162. The van der Waals surface area contributed by atoms with E-state index in [2.05, 4.69) is 49.2 Å². The number of benzene rings is 1. The van der Waals surface area contributed by atoms with Gasteiger partial charge in [0, 0.05) is 26.7 Å². The molecule has 1 saturated heterocycles. The Morgan fingerprint density at radius 1 is 1.47 bits per heavy atom. The van der Waals surface area contributed by atoms with E-state index in [1.807, 2.05) is 25.1 Å². The molecule has 3 nitrogen and oxygen atoms in total. The molecule has 0 spiro atoms. The van der Waals surface area contributed by atoms with Gasteiger partial charge in [-0.25, -0.2) is 0 Å². The van der Waals surface area contributed by atoms with E-state index >= 15 is 0 Å². The Balaban J connectivity index is 2.15. The Labute approximate surface area is 122 Å². The van der Waals surface area contributed by atoms with Crippen LogP contribution >= 0.6 is 38.5 Å². The van der Waals surface area contributed by atoms with Crippen LogP contribution in [0.3, 0.4) is 0 Å². The summed E-state index contributed by atoms with van der Waals surface area (Å²) in [4.78, 5) is 12.0. The van der Waals surface area contributed by atoms with Crippen LogP contribution in [-0.4, -0.2) is 19.0 Å². The Bertz CT molecular complexity index is 493. The van der Waals surface area contributed by atoms with E-state index in [9.17, 15) is 4.79 Å². The minimum Gasteiger partial charge on any atom is -0.321 e. The second-order valence-corrected chi connectivity index (χ2v) is 5.99. The van der Waals surface area contributed by atoms with Gasteiger partial charge in [0.05, 0.1) is 5.69 Å². The van der Waals surface area contributed by atoms with Crippen LogP contribution < -0.4 is 10.6 Å². The Morgan fingerprint density at radius 2 is 2.18 bits per heavy atom. The smallest absolute Gasteiger partial charge is 0.251 e. The first-order valence-corrected chi connectivity index (χ1v) is 7.11. The third-order valence-corrected chi connectivity index (χ3v) is 4.16. The van der Waals surface area contributed by atoms with Crippen LogP contribution in [0, 0.1) is 3.57 Å². The van der Waals surface area contributed by atoms with Gasteiger partial charge in [-0.3, -0.25) is 4.79 Å². The lowest BCUT2D eigenvalue weighted by molar-refractivity contribution is -0.112. The summed E-state index contributed by atoms with van der Waals surface area (Å²) >= 11 is 5.61. The number of anilines is 1. The molecule has 1 aliphatic heterocycles. The molecule has 2 N–H and O–H groups in total. The van der Waals surface area contributed by atoms with Gasteiger partial charge < -0.3 is 10.6 Å². The number of hydrogen-bond donors (Lipinski definition) is 2. The van der Waals surface area contributed by atoms with E-state index in [0.29, 0.717) is 0 Å². The molecule has 0 unspecified atom stereocenters. The fraction of sp³-hybridized carbons (Fsp3) is 0.250. The van der Waals surface area contributed by atoms with Crippen molar-refractivity contribution in [2.24, 2.45) is 0 Å². The molecule has 0 atom stereocenters. The standard InChI is InChI=1S/C12H12BrIN2O/c1-7(8-5-15-6-8)12(17)16-11-4-9(13)2-3-10(11)14/h2-4,15H,5-6H2,1H3,(H,16,17). The summed E-state index contributed by atoms with van der Waals surface area (Å²) in [6, 6.07) is 5.84. The van der Waals surface area contributed by atoms with Crippen molar-refractivity contribution >= 4 is 50.1 Å². The molecular weight excluding hydrogens is 395 g/mol. The zero-order valence-electron chi connectivity index (χ0n) is 9.31. The second kappa shape index (κ2) is 5.49. The number of nitrogens with one attached hydrogen (secondary N) is 2. The topological polar surface area (TPSA) is 41.1 Å². The quantitative estimate of drug-likeness (QED) is 0.585. The maximum Gasteiger partial charge on any atom is 0.251 e. The van der Waals surface area contributed by atoms with Crippen LogP contribution in [0.15, 0.2) is 33.8 Å². The molecule has 0 saturated carbocycles. The highest BCUT2D eigenvalue weighted by molar-refractivity contribution is 14.1. The van der Waals surface area contributed by atoms with Crippen molar-refractivity contribution in [3.8, 4) is 0 Å². The fourth-order valence-corrected chi connectivity index (χ4v) is 2.32. The number of amides is 1. The maximum absolute atomic E-state index is 12.0. The zero-order valence-corrected chi connectivity index (χ0v) is 13.1. The van der Waals surface area contributed by atoms with Gasteiger partial charge in [-0.2, -0.15) is 0 Å². The number of carbonyl (C=O) groups is 1. The average Bonchev–Trinajstić information content (AvgIpc) is 2.21. The molecule has 0 radical (unpaired) electrons. The molecule has 0 bridgehead atoms. The Hall–Kier alpha value is -0.400.